The topological polar surface area (TPSA) is 61.4 Å². The molecule has 0 aromatic heterocycles. The minimum absolute atomic E-state index is 0.0385. The van der Waals surface area contributed by atoms with E-state index in [4.69, 9.17) is 0 Å². The van der Waals surface area contributed by atoms with Gasteiger partial charge in [-0.1, -0.05) is 17.7 Å². The predicted molar refractivity (Wildman–Crippen MR) is 106 cm³/mol. The number of nitrogens with one attached hydrogen (secondary N) is 2. The van der Waals surface area contributed by atoms with Gasteiger partial charge in [-0.15, -0.1) is 0 Å². The number of hydrogen-bond acceptors (Lipinski definition) is 3. The van der Waals surface area contributed by atoms with Gasteiger partial charge < -0.3 is 10.6 Å². The molecule has 1 aromatic carbocycles. The molecule has 0 atom stereocenters. The van der Waals surface area contributed by atoms with Gasteiger partial charge in [-0.3, -0.25) is 14.5 Å². The Morgan fingerprint density at radius 2 is 1.48 bits per heavy atom. The number of benzene rings is 1. The molecular formula is C22H31N3O2. The van der Waals surface area contributed by atoms with E-state index in [1.165, 1.54) is 19.3 Å². The van der Waals surface area contributed by atoms with Gasteiger partial charge in [0.05, 0.1) is 13.1 Å². The van der Waals surface area contributed by atoms with Crippen molar-refractivity contribution in [2.24, 2.45) is 17.8 Å². The third-order valence-electron chi connectivity index (χ3n) is 6.61. The van der Waals surface area contributed by atoms with Crippen LogP contribution in [0.15, 0.2) is 24.3 Å². The fourth-order valence-corrected chi connectivity index (χ4v) is 5.98. The Hall–Kier alpha value is -1.88. The summed E-state index contributed by atoms with van der Waals surface area (Å²) in [5.74, 6) is 2.41. The van der Waals surface area contributed by atoms with E-state index in [1.54, 1.807) is 4.90 Å². The van der Waals surface area contributed by atoms with E-state index in [2.05, 4.69) is 10.6 Å². The summed E-state index contributed by atoms with van der Waals surface area (Å²) in [5, 5.41) is 6.26. The van der Waals surface area contributed by atoms with Crippen molar-refractivity contribution >= 4 is 17.5 Å². The smallest absolute Gasteiger partial charge is 0.238 e. The Kier molecular flexibility index (Phi) is 4.97. The van der Waals surface area contributed by atoms with Crippen LogP contribution in [0.2, 0.25) is 0 Å². The van der Waals surface area contributed by atoms with Crippen molar-refractivity contribution in [1.29, 1.82) is 0 Å². The first kappa shape index (κ1) is 18.5. The highest BCUT2D eigenvalue weighted by Crippen LogP contribution is 2.55. The minimum atomic E-state index is -0.0936. The van der Waals surface area contributed by atoms with Crippen LogP contribution in [0.25, 0.3) is 0 Å². The first-order valence-corrected chi connectivity index (χ1v) is 10.3. The van der Waals surface area contributed by atoms with E-state index in [9.17, 15) is 9.59 Å². The van der Waals surface area contributed by atoms with Crippen molar-refractivity contribution in [3.05, 3.63) is 29.8 Å². The second kappa shape index (κ2) is 7.27. The molecule has 4 bridgehead atoms. The quantitative estimate of drug-likeness (QED) is 0.810. The SMILES string of the molecule is Cc1ccc(NC(=O)CN(C)CC(=O)NC23CC4CC(CC(C4)C2)C3)cc1. The Morgan fingerprint density at radius 3 is 2.04 bits per heavy atom. The summed E-state index contributed by atoms with van der Waals surface area (Å²) in [6.45, 7) is 2.49. The fraction of sp³-hybridized carbons (Fsp3) is 0.636. The maximum atomic E-state index is 12.6. The molecule has 0 saturated heterocycles. The van der Waals surface area contributed by atoms with Gasteiger partial charge in [0.1, 0.15) is 0 Å². The van der Waals surface area contributed by atoms with Crippen molar-refractivity contribution in [1.82, 2.24) is 10.2 Å². The molecule has 4 fully saturated rings. The second-order valence-corrected chi connectivity index (χ2v) is 9.33. The highest BCUT2D eigenvalue weighted by Gasteiger charge is 2.51. The normalized spacial score (nSPS) is 31.1. The lowest BCUT2D eigenvalue weighted by Crippen LogP contribution is -2.61. The van der Waals surface area contributed by atoms with E-state index in [-0.39, 0.29) is 30.4 Å². The maximum Gasteiger partial charge on any atom is 0.238 e. The molecular weight excluding hydrogens is 338 g/mol. The molecule has 0 radical (unpaired) electrons. The van der Waals surface area contributed by atoms with Crippen molar-refractivity contribution in [3.8, 4) is 0 Å². The fourth-order valence-electron chi connectivity index (χ4n) is 5.98. The van der Waals surface area contributed by atoms with Crippen LogP contribution in [-0.4, -0.2) is 42.4 Å². The third kappa shape index (κ3) is 4.34. The van der Waals surface area contributed by atoms with Gasteiger partial charge >= 0.3 is 0 Å². The van der Waals surface area contributed by atoms with Crippen molar-refractivity contribution in [2.75, 3.05) is 25.5 Å². The number of likely N-dealkylation sites (N-methyl/N-ethyl adjacent to an activating group) is 1. The average Bonchev–Trinajstić information content (AvgIpc) is 2.54. The highest BCUT2D eigenvalue weighted by molar-refractivity contribution is 5.92. The monoisotopic (exact) mass is 369 g/mol. The summed E-state index contributed by atoms with van der Waals surface area (Å²) in [6, 6.07) is 7.73. The lowest BCUT2D eigenvalue weighted by Gasteiger charge is -2.57. The molecule has 5 rings (SSSR count). The van der Waals surface area contributed by atoms with E-state index in [0.29, 0.717) is 0 Å². The van der Waals surface area contributed by atoms with Gasteiger partial charge in [-0.05, 0) is 82.4 Å². The van der Waals surface area contributed by atoms with Crippen LogP contribution < -0.4 is 10.6 Å². The van der Waals surface area contributed by atoms with Gasteiger partial charge in [0.25, 0.3) is 0 Å². The van der Waals surface area contributed by atoms with Crippen LogP contribution in [0.3, 0.4) is 0 Å². The lowest BCUT2D eigenvalue weighted by molar-refractivity contribution is -0.128. The van der Waals surface area contributed by atoms with Crippen LogP contribution in [0.4, 0.5) is 5.69 Å². The van der Waals surface area contributed by atoms with Crippen molar-refractivity contribution in [2.45, 2.75) is 51.0 Å². The summed E-state index contributed by atoms with van der Waals surface area (Å²) >= 11 is 0. The number of hydrogen-bond donors (Lipinski definition) is 2. The number of nitrogens with zero attached hydrogens (tertiary/aromatic N) is 1. The Balaban J connectivity index is 1.25. The Labute approximate surface area is 161 Å². The summed E-state index contributed by atoms with van der Waals surface area (Å²) < 4.78 is 0. The Bertz CT molecular complexity index is 677. The van der Waals surface area contributed by atoms with E-state index in [0.717, 1.165) is 48.3 Å². The van der Waals surface area contributed by atoms with Crippen molar-refractivity contribution < 1.29 is 9.59 Å². The van der Waals surface area contributed by atoms with Crippen LogP contribution in [-0.2, 0) is 9.59 Å². The summed E-state index contributed by atoms with van der Waals surface area (Å²) in [7, 11) is 1.83. The number of anilines is 1. The molecule has 5 nitrogen and oxygen atoms in total. The largest absolute Gasteiger partial charge is 0.350 e. The van der Waals surface area contributed by atoms with Crippen LogP contribution in [0.1, 0.15) is 44.1 Å². The molecule has 4 saturated carbocycles. The van der Waals surface area contributed by atoms with Gasteiger partial charge in [-0.25, -0.2) is 0 Å². The second-order valence-electron chi connectivity index (χ2n) is 9.33. The molecule has 0 aliphatic heterocycles. The first-order chi connectivity index (χ1) is 12.9. The minimum Gasteiger partial charge on any atom is -0.350 e. The molecule has 4 aliphatic rings. The molecule has 0 spiro atoms. The lowest BCUT2D eigenvalue weighted by atomic mass is 9.53. The van der Waals surface area contributed by atoms with Gasteiger partial charge in [0.2, 0.25) is 11.8 Å². The predicted octanol–water partition coefficient (Wildman–Crippen LogP) is 2.95. The van der Waals surface area contributed by atoms with Gasteiger partial charge in [0.15, 0.2) is 0 Å². The average molecular weight is 370 g/mol. The summed E-state index contributed by atoms with van der Waals surface area (Å²) in [4.78, 5) is 26.6. The number of carbonyl (C=O) groups is 2. The Morgan fingerprint density at radius 1 is 0.963 bits per heavy atom. The molecule has 5 heteroatoms. The zero-order chi connectivity index (χ0) is 19.0. The zero-order valence-corrected chi connectivity index (χ0v) is 16.5. The van der Waals surface area contributed by atoms with E-state index < -0.39 is 0 Å². The molecule has 4 aliphatic carbocycles. The third-order valence-corrected chi connectivity index (χ3v) is 6.61. The molecule has 2 amide bonds. The standard InChI is InChI=1S/C22H31N3O2/c1-15-3-5-19(6-4-15)23-20(26)13-25(2)14-21(27)24-22-10-16-7-17(11-22)9-18(8-16)12-22/h3-6,16-18H,7-14H2,1-2H3,(H,23,26)(H,24,27). The first-order valence-electron chi connectivity index (χ1n) is 10.3. The highest BCUT2D eigenvalue weighted by atomic mass is 16.2. The van der Waals surface area contributed by atoms with E-state index >= 15 is 0 Å². The van der Waals surface area contributed by atoms with E-state index in [1.807, 2.05) is 38.2 Å². The molecule has 0 unspecified atom stereocenters. The number of aryl methyl sites for hydroxylation is 1. The molecule has 27 heavy (non-hydrogen) atoms. The number of rotatable bonds is 6. The van der Waals surface area contributed by atoms with Gasteiger partial charge in [0, 0.05) is 11.2 Å². The zero-order valence-electron chi connectivity index (χ0n) is 16.5. The summed E-state index contributed by atoms with van der Waals surface area (Å²) in [5.41, 5.74) is 1.99. The van der Waals surface area contributed by atoms with Crippen LogP contribution in [0, 0.1) is 24.7 Å². The molecule has 1 aromatic rings. The van der Waals surface area contributed by atoms with Crippen LogP contribution >= 0.6 is 0 Å². The van der Waals surface area contributed by atoms with Crippen LogP contribution in [0.5, 0.6) is 0 Å². The molecule has 2 N–H and O–H groups in total. The molecule has 0 heterocycles. The van der Waals surface area contributed by atoms with Crippen molar-refractivity contribution in [3.63, 3.8) is 0 Å². The summed E-state index contributed by atoms with van der Waals surface area (Å²) in [6.07, 6.45) is 7.57. The number of carbonyl (C=O) groups excluding carboxylic acids is 2. The molecule has 146 valence electrons. The maximum absolute atomic E-state index is 12.6. The van der Waals surface area contributed by atoms with Gasteiger partial charge in [-0.2, -0.15) is 0 Å². The number of amides is 2.